The normalized spacial score (nSPS) is 17.0. The van der Waals surface area contributed by atoms with Crippen LogP contribution in [0.4, 0.5) is 5.69 Å². The largest absolute Gasteiger partial charge is 0.497 e. The monoisotopic (exact) mass is 404 g/mol. The maximum absolute atomic E-state index is 12.6. The fourth-order valence-electron chi connectivity index (χ4n) is 3.26. The summed E-state index contributed by atoms with van der Waals surface area (Å²) in [6.07, 6.45) is 0.302. The molecule has 1 saturated heterocycles. The molecule has 1 amide bonds. The number of nitrogens with one attached hydrogen (secondary N) is 1. The zero-order valence-corrected chi connectivity index (χ0v) is 17.0. The Morgan fingerprint density at radius 3 is 2.43 bits per heavy atom. The fourth-order valence-corrected chi connectivity index (χ4v) is 4.46. The van der Waals surface area contributed by atoms with Gasteiger partial charge in [0, 0.05) is 25.2 Å². The molecule has 0 aromatic heterocycles. The van der Waals surface area contributed by atoms with Gasteiger partial charge in [-0.2, -0.15) is 0 Å². The first-order valence-electron chi connectivity index (χ1n) is 8.93. The number of hydrogen-bond acceptors (Lipinski definition) is 5. The lowest BCUT2D eigenvalue weighted by Gasteiger charge is -2.17. The van der Waals surface area contributed by atoms with Crippen LogP contribution in [0.15, 0.2) is 47.4 Å². The Labute approximate surface area is 165 Å². The van der Waals surface area contributed by atoms with E-state index in [1.165, 1.54) is 6.07 Å². The second-order valence-corrected chi connectivity index (χ2v) is 8.52. The van der Waals surface area contributed by atoms with E-state index in [2.05, 4.69) is 4.72 Å². The summed E-state index contributed by atoms with van der Waals surface area (Å²) in [7, 11) is -0.528. The highest BCUT2D eigenvalue weighted by atomic mass is 32.2. The Morgan fingerprint density at radius 2 is 1.82 bits per heavy atom. The number of aryl methyl sites for hydroxylation is 1. The third kappa shape index (κ3) is 4.28. The van der Waals surface area contributed by atoms with Gasteiger partial charge in [-0.25, -0.2) is 13.1 Å². The van der Waals surface area contributed by atoms with Crippen molar-refractivity contribution in [2.75, 3.05) is 32.2 Å². The van der Waals surface area contributed by atoms with E-state index >= 15 is 0 Å². The minimum atomic E-state index is -3.66. The Balaban J connectivity index is 1.64. The van der Waals surface area contributed by atoms with Crippen molar-refractivity contribution in [3.63, 3.8) is 0 Å². The lowest BCUT2D eigenvalue weighted by Crippen LogP contribution is -2.31. The van der Waals surface area contributed by atoms with Gasteiger partial charge >= 0.3 is 0 Å². The molecule has 8 heteroatoms. The smallest absolute Gasteiger partial charge is 0.240 e. The minimum Gasteiger partial charge on any atom is -0.497 e. The maximum atomic E-state index is 12.6. The van der Waals surface area contributed by atoms with E-state index in [1.807, 2.05) is 12.1 Å². The third-order valence-electron chi connectivity index (χ3n) is 4.83. The molecule has 3 rings (SSSR count). The van der Waals surface area contributed by atoms with Gasteiger partial charge in [0.05, 0.1) is 19.1 Å². The number of sulfonamides is 1. The number of nitrogens with zero attached hydrogens (tertiary/aromatic N) is 1. The maximum Gasteiger partial charge on any atom is 0.240 e. The van der Waals surface area contributed by atoms with E-state index in [-0.39, 0.29) is 23.3 Å². The minimum absolute atomic E-state index is 0.0188. The topological polar surface area (TPSA) is 84.9 Å². The van der Waals surface area contributed by atoms with Gasteiger partial charge < -0.3 is 14.4 Å². The van der Waals surface area contributed by atoms with Crippen LogP contribution in [-0.2, 0) is 14.8 Å². The summed E-state index contributed by atoms with van der Waals surface area (Å²) >= 11 is 0. The van der Waals surface area contributed by atoms with E-state index in [0.717, 1.165) is 17.0 Å². The van der Waals surface area contributed by atoms with Gasteiger partial charge in [0.25, 0.3) is 0 Å². The Bertz CT molecular complexity index is 957. The lowest BCUT2D eigenvalue weighted by atomic mass is 10.1. The van der Waals surface area contributed by atoms with Crippen LogP contribution in [0.5, 0.6) is 11.5 Å². The summed E-state index contributed by atoms with van der Waals surface area (Å²) in [5.41, 5.74) is 1.52. The van der Waals surface area contributed by atoms with Crippen LogP contribution in [0, 0.1) is 12.8 Å². The standard InChI is InChI=1S/C20H24N2O5S/c1-14-10-18(8-9-19(14)27-3)28(24,25)21-12-15-11-20(23)22(13-15)16-4-6-17(26-2)7-5-16/h4-10,15,21H,11-13H2,1-3H3/t15-/m1/s1. The average molecular weight is 404 g/mol. The van der Waals surface area contributed by atoms with Gasteiger partial charge in [0.15, 0.2) is 0 Å². The molecule has 1 atom stereocenters. The number of benzene rings is 2. The molecular formula is C20H24N2O5S. The Kier molecular flexibility index (Phi) is 5.90. The quantitative estimate of drug-likeness (QED) is 0.766. The summed E-state index contributed by atoms with van der Waals surface area (Å²) in [6.45, 7) is 2.46. The molecule has 150 valence electrons. The molecule has 28 heavy (non-hydrogen) atoms. The summed E-state index contributed by atoms with van der Waals surface area (Å²) < 4.78 is 38.1. The summed E-state index contributed by atoms with van der Waals surface area (Å²) in [5, 5.41) is 0. The molecular weight excluding hydrogens is 380 g/mol. The van der Waals surface area contributed by atoms with E-state index in [9.17, 15) is 13.2 Å². The molecule has 0 saturated carbocycles. The number of hydrogen-bond donors (Lipinski definition) is 1. The van der Waals surface area contributed by atoms with Crippen molar-refractivity contribution < 1.29 is 22.7 Å². The predicted octanol–water partition coefficient (Wildman–Crippen LogP) is 2.34. The highest BCUT2D eigenvalue weighted by Gasteiger charge is 2.31. The zero-order chi connectivity index (χ0) is 20.3. The van der Waals surface area contributed by atoms with E-state index < -0.39 is 10.0 Å². The van der Waals surface area contributed by atoms with Crippen LogP contribution in [0.3, 0.4) is 0 Å². The second-order valence-electron chi connectivity index (χ2n) is 6.76. The first-order chi connectivity index (χ1) is 13.3. The van der Waals surface area contributed by atoms with Crippen LogP contribution < -0.4 is 19.1 Å². The van der Waals surface area contributed by atoms with Crippen molar-refractivity contribution in [1.82, 2.24) is 4.72 Å². The van der Waals surface area contributed by atoms with Gasteiger partial charge in [0.1, 0.15) is 11.5 Å². The zero-order valence-electron chi connectivity index (χ0n) is 16.1. The molecule has 1 aliphatic rings. The van der Waals surface area contributed by atoms with Crippen LogP contribution in [-0.4, -0.2) is 41.6 Å². The molecule has 0 aliphatic carbocycles. The van der Waals surface area contributed by atoms with Gasteiger partial charge in [-0.1, -0.05) is 0 Å². The number of carbonyl (C=O) groups excluding carboxylic acids is 1. The SMILES string of the molecule is COc1ccc(N2C[C@@H](CNS(=O)(=O)c3ccc(OC)c(C)c3)CC2=O)cc1. The van der Waals surface area contributed by atoms with E-state index in [0.29, 0.717) is 18.7 Å². The van der Waals surface area contributed by atoms with Crippen LogP contribution >= 0.6 is 0 Å². The van der Waals surface area contributed by atoms with Crippen molar-refractivity contribution in [2.45, 2.75) is 18.2 Å². The summed E-state index contributed by atoms with van der Waals surface area (Å²) in [6, 6.07) is 12.0. The van der Waals surface area contributed by atoms with Crippen LogP contribution in [0.25, 0.3) is 0 Å². The molecule has 1 fully saturated rings. The molecule has 1 heterocycles. The number of ether oxygens (including phenoxy) is 2. The van der Waals surface area contributed by atoms with Crippen molar-refractivity contribution in [2.24, 2.45) is 5.92 Å². The highest BCUT2D eigenvalue weighted by molar-refractivity contribution is 7.89. The number of amides is 1. The first kappa shape index (κ1) is 20.2. The van der Waals surface area contributed by atoms with Crippen molar-refractivity contribution in [3.05, 3.63) is 48.0 Å². The molecule has 0 spiro atoms. The molecule has 0 bridgehead atoms. The van der Waals surface area contributed by atoms with E-state index in [1.54, 1.807) is 50.3 Å². The Hall–Kier alpha value is -2.58. The number of methoxy groups -OCH3 is 2. The fraction of sp³-hybridized carbons (Fsp3) is 0.350. The Morgan fingerprint density at radius 1 is 1.11 bits per heavy atom. The number of rotatable bonds is 7. The number of carbonyl (C=O) groups is 1. The van der Waals surface area contributed by atoms with Gasteiger partial charge in [-0.3, -0.25) is 4.79 Å². The van der Waals surface area contributed by atoms with E-state index in [4.69, 9.17) is 9.47 Å². The molecule has 1 aliphatic heterocycles. The molecule has 7 nitrogen and oxygen atoms in total. The number of anilines is 1. The van der Waals surface area contributed by atoms with Crippen LogP contribution in [0.1, 0.15) is 12.0 Å². The lowest BCUT2D eigenvalue weighted by molar-refractivity contribution is -0.117. The van der Waals surface area contributed by atoms with Crippen molar-refractivity contribution >= 4 is 21.6 Å². The van der Waals surface area contributed by atoms with Crippen molar-refractivity contribution in [3.8, 4) is 11.5 Å². The molecule has 2 aromatic carbocycles. The second kappa shape index (κ2) is 8.20. The highest BCUT2D eigenvalue weighted by Crippen LogP contribution is 2.27. The third-order valence-corrected chi connectivity index (χ3v) is 6.25. The molecule has 0 unspecified atom stereocenters. The molecule has 1 N–H and O–H groups in total. The average Bonchev–Trinajstić information content (AvgIpc) is 3.07. The first-order valence-corrected chi connectivity index (χ1v) is 10.4. The van der Waals surface area contributed by atoms with Crippen LogP contribution in [0.2, 0.25) is 0 Å². The predicted molar refractivity (Wildman–Crippen MR) is 106 cm³/mol. The summed E-state index contributed by atoms with van der Waals surface area (Å²) in [5.74, 6) is 1.24. The van der Waals surface area contributed by atoms with Crippen molar-refractivity contribution in [1.29, 1.82) is 0 Å². The molecule has 2 aromatic rings. The molecule has 0 radical (unpaired) electrons. The summed E-state index contributed by atoms with van der Waals surface area (Å²) in [4.78, 5) is 14.2. The van der Waals surface area contributed by atoms with Gasteiger partial charge in [-0.15, -0.1) is 0 Å². The van der Waals surface area contributed by atoms with Gasteiger partial charge in [-0.05, 0) is 60.9 Å². The van der Waals surface area contributed by atoms with Gasteiger partial charge in [0.2, 0.25) is 15.9 Å².